The van der Waals surface area contributed by atoms with Crippen LogP contribution in [0.4, 0.5) is 5.69 Å². The number of unbranched alkanes of at least 4 members (excludes halogenated alkanes) is 3. The number of rotatable bonds is 9. The Labute approximate surface area is 118 Å². The van der Waals surface area contributed by atoms with E-state index in [2.05, 4.69) is 38.2 Å². The molecule has 1 unspecified atom stereocenters. The molecule has 0 aromatic heterocycles. The highest BCUT2D eigenvalue weighted by molar-refractivity contribution is 5.54. The summed E-state index contributed by atoms with van der Waals surface area (Å²) < 4.78 is 5.51. The fraction of sp³-hybridized carbons (Fsp3) is 0.647. The maximum Gasteiger partial charge on any atom is 0.119 e. The molecule has 1 atom stereocenters. The van der Waals surface area contributed by atoms with Gasteiger partial charge >= 0.3 is 0 Å². The van der Waals surface area contributed by atoms with Crippen LogP contribution in [0.3, 0.4) is 0 Å². The molecular formula is C17H29NO. The molecular weight excluding hydrogens is 234 g/mol. The van der Waals surface area contributed by atoms with Crippen LogP contribution in [-0.4, -0.2) is 12.6 Å². The standard InChI is InChI=1S/C17H29NO/c1-5-7-8-9-10-15(4)18-17-12-11-16(19-6-2)13-14(17)3/h11-13,15,18H,5-10H2,1-4H3. The maximum atomic E-state index is 5.51. The molecule has 0 heterocycles. The molecule has 1 aromatic rings. The summed E-state index contributed by atoms with van der Waals surface area (Å²) in [7, 11) is 0. The van der Waals surface area contributed by atoms with Crippen LogP contribution in [0.2, 0.25) is 0 Å². The average molecular weight is 263 g/mol. The molecule has 0 aliphatic carbocycles. The summed E-state index contributed by atoms with van der Waals surface area (Å²) in [6, 6.07) is 6.81. The SMILES string of the molecule is CCCCCCC(C)Nc1ccc(OCC)cc1C. The molecule has 0 bridgehead atoms. The van der Waals surface area contributed by atoms with Crippen molar-refractivity contribution in [2.75, 3.05) is 11.9 Å². The molecule has 0 fully saturated rings. The van der Waals surface area contributed by atoms with Gasteiger partial charge in [0.05, 0.1) is 6.61 Å². The molecule has 0 aliphatic heterocycles. The monoisotopic (exact) mass is 263 g/mol. The van der Waals surface area contributed by atoms with E-state index in [0.29, 0.717) is 6.04 Å². The Hall–Kier alpha value is -1.18. The van der Waals surface area contributed by atoms with Gasteiger partial charge in [0.15, 0.2) is 0 Å². The Morgan fingerprint density at radius 1 is 1.16 bits per heavy atom. The van der Waals surface area contributed by atoms with Gasteiger partial charge in [-0.05, 0) is 51.0 Å². The minimum atomic E-state index is 0.536. The van der Waals surface area contributed by atoms with Crippen LogP contribution in [0, 0.1) is 6.92 Å². The zero-order valence-electron chi connectivity index (χ0n) is 13.0. The highest BCUT2D eigenvalue weighted by atomic mass is 16.5. The molecule has 19 heavy (non-hydrogen) atoms. The van der Waals surface area contributed by atoms with Crippen LogP contribution in [0.5, 0.6) is 5.75 Å². The zero-order chi connectivity index (χ0) is 14.1. The molecule has 108 valence electrons. The number of aryl methyl sites for hydroxylation is 1. The predicted octanol–water partition coefficient (Wildman–Crippen LogP) is 5.16. The third-order valence-corrected chi connectivity index (χ3v) is 3.40. The van der Waals surface area contributed by atoms with E-state index in [9.17, 15) is 0 Å². The topological polar surface area (TPSA) is 21.3 Å². The van der Waals surface area contributed by atoms with Gasteiger partial charge in [0.1, 0.15) is 5.75 Å². The van der Waals surface area contributed by atoms with Crippen molar-refractivity contribution in [3.8, 4) is 5.75 Å². The average Bonchev–Trinajstić information content (AvgIpc) is 2.38. The van der Waals surface area contributed by atoms with Crippen LogP contribution in [0.25, 0.3) is 0 Å². The highest BCUT2D eigenvalue weighted by Gasteiger charge is 2.05. The Morgan fingerprint density at radius 3 is 2.58 bits per heavy atom. The van der Waals surface area contributed by atoms with E-state index in [4.69, 9.17) is 4.74 Å². The van der Waals surface area contributed by atoms with Gasteiger partial charge in [-0.2, -0.15) is 0 Å². The number of hydrogen-bond acceptors (Lipinski definition) is 2. The third kappa shape index (κ3) is 6.00. The molecule has 0 saturated heterocycles. The largest absolute Gasteiger partial charge is 0.494 e. The fourth-order valence-electron chi connectivity index (χ4n) is 2.27. The molecule has 1 N–H and O–H groups in total. The van der Waals surface area contributed by atoms with Gasteiger partial charge < -0.3 is 10.1 Å². The summed E-state index contributed by atoms with van der Waals surface area (Å²) in [5.74, 6) is 0.959. The van der Waals surface area contributed by atoms with E-state index in [1.807, 2.05) is 13.0 Å². The predicted molar refractivity (Wildman–Crippen MR) is 84.2 cm³/mol. The van der Waals surface area contributed by atoms with Crippen LogP contribution < -0.4 is 10.1 Å². The maximum absolute atomic E-state index is 5.51. The van der Waals surface area contributed by atoms with E-state index in [-0.39, 0.29) is 0 Å². The lowest BCUT2D eigenvalue weighted by atomic mass is 10.1. The first-order chi connectivity index (χ1) is 9.17. The lowest BCUT2D eigenvalue weighted by Gasteiger charge is -2.17. The lowest BCUT2D eigenvalue weighted by Crippen LogP contribution is -2.15. The second-order valence-electron chi connectivity index (χ2n) is 5.30. The second kappa shape index (κ2) is 8.84. The van der Waals surface area contributed by atoms with E-state index >= 15 is 0 Å². The number of hydrogen-bond donors (Lipinski definition) is 1. The number of anilines is 1. The van der Waals surface area contributed by atoms with E-state index in [1.54, 1.807) is 0 Å². The van der Waals surface area contributed by atoms with Gasteiger partial charge in [0.25, 0.3) is 0 Å². The van der Waals surface area contributed by atoms with Gasteiger partial charge in [0.2, 0.25) is 0 Å². The molecule has 2 nitrogen and oxygen atoms in total. The summed E-state index contributed by atoms with van der Waals surface area (Å²) in [6.45, 7) is 9.39. The molecule has 0 amide bonds. The van der Waals surface area contributed by atoms with Crippen molar-refractivity contribution in [1.82, 2.24) is 0 Å². The smallest absolute Gasteiger partial charge is 0.119 e. The Balaban J connectivity index is 2.43. The van der Waals surface area contributed by atoms with Crippen LogP contribution >= 0.6 is 0 Å². The Kier molecular flexibility index (Phi) is 7.39. The summed E-state index contributed by atoms with van der Waals surface area (Å²) in [5, 5.41) is 3.60. The van der Waals surface area contributed by atoms with Crippen molar-refractivity contribution in [2.24, 2.45) is 0 Å². The van der Waals surface area contributed by atoms with Crippen molar-refractivity contribution in [3.63, 3.8) is 0 Å². The van der Waals surface area contributed by atoms with Gasteiger partial charge in [0, 0.05) is 11.7 Å². The first-order valence-corrected chi connectivity index (χ1v) is 7.67. The van der Waals surface area contributed by atoms with Crippen LogP contribution in [0.1, 0.15) is 58.4 Å². The zero-order valence-corrected chi connectivity index (χ0v) is 13.0. The lowest BCUT2D eigenvalue weighted by molar-refractivity contribution is 0.340. The van der Waals surface area contributed by atoms with E-state index < -0.39 is 0 Å². The second-order valence-corrected chi connectivity index (χ2v) is 5.30. The third-order valence-electron chi connectivity index (χ3n) is 3.40. The fourth-order valence-corrected chi connectivity index (χ4v) is 2.27. The van der Waals surface area contributed by atoms with Gasteiger partial charge in [-0.1, -0.05) is 32.6 Å². The minimum absolute atomic E-state index is 0.536. The quantitative estimate of drug-likeness (QED) is 0.621. The minimum Gasteiger partial charge on any atom is -0.494 e. The van der Waals surface area contributed by atoms with Gasteiger partial charge in [-0.25, -0.2) is 0 Å². The molecule has 1 rings (SSSR count). The summed E-state index contributed by atoms with van der Waals surface area (Å²) in [6.07, 6.45) is 6.57. The van der Waals surface area contributed by atoms with Crippen molar-refractivity contribution in [3.05, 3.63) is 23.8 Å². The summed E-state index contributed by atoms with van der Waals surface area (Å²) in [5.41, 5.74) is 2.48. The van der Waals surface area contributed by atoms with Crippen LogP contribution in [0.15, 0.2) is 18.2 Å². The molecule has 0 radical (unpaired) electrons. The first kappa shape index (κ1) is 15.9. The van der Waals surface area contributed by atoms with E-state index in [0.717, 1.165) is 12.4 Å². The van der Waals surface area contributed by atoms with Crippen LogP contribution in [-0.2, 0) is 0 Å². The molecule has 2 heteroatoms. The Morgan fingerprint density at radius 2 is 1.95 bits per heavy atom. The molecule has 0 aliphatic rings. The first-order valence-electron chi connectivity index (χ1n) is 7.67. The van der Waals surface area contributed by atoms with Crippen molar-refractivity contribution >= 4 is 5.69 Å². The van der Waals surface area contributed by atoms with Gasteiger partial charge in [-0.15, -0.1) is 0 Å². The molecule has 1 aromatic carbocycles. The summed E-state index contributed by atoms with van der Waals surface area (Å²) in [4.78, 5) is 0. The van der Waals surface area contributed by atoms with Crippen molar-refractivity contribution in [1.29, 1.82) is 0 Å². The van der Waals surface area contributed by atoms with Crippen molar-refractivity contribution < 1.29 is 4.74 Å². The highest BCUT2D eigenvalue weighted by Crippen LogP contribution is 2.22. The number of ether oxygens (including phenoxy) is 1. The van der Waals surface area contributed by atoms with Crippen molar-refractivity contribution in [2.45, 2.75) is 65.8 Å². The van der Waals surface area contributed by atoms with Gasteiger partial charge in [-0.3, -0.25) is 0 Å². The summed E-state index contributed by atoms with van der Waals surface area (Å²) >= 11 is 0. The molecule has 0 spiro atoms. The molecule has 0 saturated carbocycles. The normalized spacial score (nSPS) is 12.2. The number of benzene rings is 1. The van der Waals surface area contributed by atoms with E-state index in [1.165, 1.54) is 43.4 Å². The Bertz CT molecular complexity index is 362. The number of nitrogens with one attached hydrogen (secondary N) is 1.